The minimum Gasteiger partial charge on any atom is -0.365 e. The highest BCUT2D eigenvalue weighted by Crippen LogP contribution is 2.37. The molecule has 0 unspecified atom stereocenters. The Hall–Kier alpha value is -2.51. The SMILES string of the molecule is NC(=O)c1c(NC(=S)NC(=O)/C=C/c2ccccc2)sc2c1CCCC2. The minimum atomic E-state index is -0.468. The van der Waals surface area contributed by atoms with Crippen LogP contribution >= 0.6 is 23.6 Å². The molecule has 5 nitrogen and oxygen atoms in total. The van der Waals surface area contributed by atoms with Crippen LogP contribution in [0, 0.1) is 0 Å². The maximum Gasteiger partial charge on any atom is 0.251 e. The molecule has 0 bridgehead atoms. The maximum atomic E-state index is 12.0. The zero-order valence-electron chi connectivity index (χ0n) is 14.1. The molecule has 0 atom stereocenters. The quantitative estimate of drug-likeness (QED) is 0.557. The fraction of sp³-hybridized carbons (Fsp3) is 0.211. The van der Waals surface area contributed by atoms with E-state index in [0.717, 1.165) is 36.8 Å². The molecule has 0 fully saturated rings. The molecule has 0 saturated carbocycles. The van der Waals surface area contributed by atoms with Gasteiger partial charge in [-0.15, -0.1) is 11.3 Å². The van der Waals surface area contributed by atoms with E-state index in [1.807, 2.05) is 30.3 Å². The van der Waals surface area contributed by atoms with Gasteiger partial charge in [0, 0.05) is 11.0 Å². The van der Waals surface area contributed by atoms with Crippen molar-refractivity contribution < 1.29 is 9.59 Å². The van der Waals surface area contributed by atoms with Gasteiger partial charge in [-0.25, -0.2) is 0 Å². The van der Waals surface area contributed by atoms with E-state index >= 15 is 0 Å². The highest BCUT2D eigenvalue weighted by molar-refractivity contribution is 7.80. The molecule has 1 aromatic heterocycles. The molecule has 2 amide bonds. The largest absolute Gasteiger partial charge is 0.365 e. The second-order valence-electron chi connectivity index (χ2n) is 5.97. The number of rotatable bonds is 4. The second-order valence-corrected chi connectivity index (χ2v) is 7.48. The Labute approximate surface area is 161 Å². The predicted molar refractivity (Wildman–Crippen MR) is 109 cm³/mol. The number of nitrogens with one attached hydrogen (secondary N) is 2. The summed E-state index contributed by atoms with van der Waals surface area (Å²) >= 11 is 6.69. The van der Waals surface area contributed by atoms with Crippen molar-refractivity contribution in [3.63, 3.8) is 0 Å². The monoisotopic (exact) mass is 385 g/mol. The molecule has 1 aromatic carbocycles. The van der Waals surface area contributed by atoms with E-state index in [-0.39, 0.29) is 11.0 Å². The Bertz CT molecular complexity index is 872. The van der Waals surface area contributed by atoms with Gasteiger partial charge >= 0.3 is 0 Å². The van der Waals surface area contributed by atoms with Crippen LogP contribution in [-0.2, 0) is 17.6 Å². The summed E-state index contributed by atoms with van der Waals surface area (Å²) in [5, 5.41) is 6.32. The minimum absolute atomic E-state index is 0.147. The summed E-state index contributed by atoms with van der Waals surface area (Å²) in [6.45, 7) is 0. The van der Waals surface area contributed by atoms with E-state index in [4.69, 9.17) is 18.0 Å². The zero-order valence-corrected chi connectivity index (χ0v) is 15.7. The molecule has 134 valence electrons. The first-order valence-corrected chi connectivity index (χ1v) is 9.56. The predicted octanol–water partition coefficient (Wildman–Crippen LogP) is 3.25. The van der Waals surface area contributed by atoms with Gasteiger partial charge in [0.15, 0.2) is 5.11 Å². The highest BCUT2D eigenvalue weighted by atomic mass is 32.1. The van der Waals surface area contributed by atoms with Crippen LogP contribution in [0.3, 0.4) is 0 Å². The van der Waals surface area contributed by atoms with Crippen molar-refractivity contribution >= 4 is 51.6 Å². The summed E-state index contributed by atoms with van der Waals surface area (Å²) in [7, 11) is 0. The van der Waals surface area contributed by atoms with Crippen molar-refractivity contribution in [2.24, 2.45) is 5.73 Å². The molecule has 3 rings (SSSR count). The summed E-state index contributed by atoms with van der Waals surface area (Å²) < 4.78 is 0. The summed E-state index contributed by atoms with van der Waals surface area (Å²) in [5.41, 5.74) is 8.00. The Morgan fingerprint density at radius 2 is 1.88 bits per heavy atom. The lowest BCUT2D eigenvalue weighted by Crippen LogP contribution is -2.33. The van der Waals surface area contributed by atoms with Crippen molar-refractivity contribution in [3.05, 3.63) is 58.0 Å². The van der Waals surface area contributed by atoms with Crippen LogP contribution in [0.2, 0.25) is 0 Å². The first-order chi connectivity index (χ1) is 12.5. The standard InChI is InChI=1S/C19H19N3O2S2/c20-17(24)16-13-8-4-5-9-14(13)26-18(16)22-19(25)21-15(23)11-10-12-6-2-1-3-7-12/h1-3,6-7,10-11H,4-5,8-9H2,(H2,20,24)(H2,21,22,23,25)/b11-10+. The van der Waals surface area contributed by atoms with Gasteiger partial charge in [-0.2, -0.15) is 0 Å². The highest BCUT2D eigenvalue weighted by Gasteiger charge is 2.24. The lowest BCUT2D eigenvalue weighted by atomic mass is 9.95. The maximum absolute atomic E-state index is 12.0. The summed E-state index contributed by atoms with van der Waals surface area (Å²) in [6, 6.07) is 9.50. The Balaban J connectivity index is 1.66. The summed E-state index contributed by atoms with van der Waals surface area (Å²) in [4.78, 5) is 25.1. The Kier molecular flexibility index (Phi) is 5.80. The van der Waals surface area contributed by atoms with Crippen LogP contribution in [0.25, 0.3) is 6.08 Å². The van der Waals surface area contributed by atoms with Gasteiger partial charge in [0.1, 0.15) is 5.00 Å². The van der Waals surface area contributed by atoms with Crippen LogP contribution in [-0.4, -0.2) is 16.9 Å². The number of hydrogen-bond acceptors (Lipinski definition) is 4. The van der Waals surface area contributed by atoms with Crippen molar-refractivity contribution in [1.82, 2.24) is 5.32 Å². The van der Waals surface area contributed by atoms with Gasteiger partial charge in [-0.3, -0.25) is 14.9 Å². The number of anilines is 1. The number of carbonyl (C=O) groups excluding carboxylic acids is 2. The molecule has 0 aliphatic heterocycles. The Morgan fingerprint density at radius 3 is 2.62 bits per heavy atom. The molecule has 1 aliphatic carbocycles. The third kappa shape index (κ3) is 4.36. The third-order valence-electron chi connectivity index (χ3n) is 4.11. The molecule has 1 aliphatic rings. The average molecular weight is 386 g/mol. The van der Waals surface area contributed by atoms with Crippen molar-refractivity contribution in [2.75, 3.05) is 5.32 Å². The zero-order chi connectivity index (χ0) is 18.5. The van der Waals surface area contributed by atoms with Crippen LogP contribution in [0.1, 0.15) is 39.2 Å². The van der Waals surface area contributed by atoms with Gasteiger partial charge < -0.3 is 11.1 Å². The fourth-order valence-corrected chi connectivity index (χ4v) is 4.50. The van der Waals surface area contributed by atoms with Crippen molar-refractivity contribution in [2.45, 2.75) is 25.7 Å². The number of primary amides is 1. The lowest BCUT2D eigenvalue weighted by Gasteiger charge is -2.11. The Morgan fingerprint density at radius 1 is 1.15 bits per heavy atom. The number of fused-ring (bicyclic) bond motifs is 1. The van der Waals surface area contributed by atoms with Crippen molar-refractivity contribution in [1.29, 1.82) is 0 Å². The molecular formula is C19H19N3O2S2. The van der Waals surface area contributed by atoms with Crippen LogP contribution in [0.15, 0.2) is 36.4 Å². The molecule has 7 heteroatoms. The van der Waals surface area contributed by atoms with E-state index < -0.39 is 5.91 Å². The molecule has 2 aromatic rings. The first-order valence-electron chi connectivity index (χ1n) is 8.34. The average Bonchev–Trinajstić information content (AvgIpc) is 2.98. The van der Waals surface area contributed by atoms with E-state index in [1.54, 1.807) is 6.08 Å². The van der Waals surface area contributed by atoms with E-state index in [0.29, 0.717) is 10.6 Å². The summed E-state index contributed by atoms with van der Waals surface area (Å²) in [5.74, 6) is -0.807. The first kappa shape index (κ1) is 18.3. The van der Waals surface area contributed by atoms with Gasteiger partial charge in [0.05, 0.1) is 5.56 Å². The van der Waals surface area contributed by atoms with Crippen molar-refractivity contribution in [3.8, 4) is 0 Å². The van der Waals surface area contributed by atoms with Gasteiger partial charge in [-0.05, 0) is 55.1 Å². The number of nitrogens with two attached hydrogens (primary N) is 1. The molecule has 26 heavy (non-hydrogen) atoms. The molecule has 1 heterocycles. The smallest absolute Gasteiger partial charge is 0.251 e. The number of hydrogen-bond donors (Lipinski definition) is 3. The van der Waals surface area contributed by atoms with Gasteiger partial charge in [-0.1, -0.05) is 30.3 Å². The number of benzene rings is 1. The second kappa shape index (κ2) is 8.25. The topological polar surface area (TPSA) is 84.2 Å². The van der Waals surface area contributed by atoms with Gasteiger partial charge in [0.25, 0.3) is 5.91 Å². The molecule has 0 saturated heterocycles. The van der Waals surface area contributed by atoms with Gasteiger partial charge in [0.2, 0.25) is 5.91 Å². The fourth-order valence-electron chi connectivity index (χ4n) is 2.94. The number of aryl methyl sites for hydroxylation is 1. The van der Waals surface area contributed by atoms with E-state index in [2.05, 4.69) is 10.6 Å². The number of amides is 2. The molecular weight excluding hydrogens is 366 g/mol. The van der Waals surface area contributed by atoms with E-state index in [9.17, 15) is 9.59 Å². The molecule has 0 radical (unpaired) electrons. The lowest BCUT2D eigenvalue weighted by molar-refractivity contribution is -0.115. The molecule has 4 N–H and O–H groups in total. The summed E-state index contributed by atoms with van der Waals surface area (Å²) in [6.07, 6.45) is 7.07. The van der Waals surface area contributed by atoms with Crippen LogP contribution < -0.4 is 16.4 Å². The van der Waals surface area contributed by atoms with Crippen LogP contribution in [0.5, 0.6) is 0 Å². The number of carbonyl (C=O) groups is 2. The number of thiocarbonyl (C=S) groups is 1. The van der Waals surface area contributed by atoms with Crippen LogP contribution in [0.4, 0.5) is 5.00 Å². The molecule has 0 spiro atoms. The van der Waals surface area contributed by atoms with E-state index in [1.165, 1.54) is 22.3 Å². The normalized spacial score (nSPS) is 13.2. The number of thiophene rings is 1. The third-order valence-corrected chi connectivity index (χ3v) is 5.52.